The number of carbonyl (C=O) groups is 1. The van der Waals surface area contributed by atoms with E-state index in [0.717, 1.165) is 35.5 Å². The fourth-order valence-electron chi connectivity index (χ4n) is 3.25. The monoisotopic (exact) mass is 413 g/mol. The van der Waals surface area contributed by atoms with Gasteiger partial charge in [-0.05, 0) is 54.5 Å². The minimum absolute atomic E-state index is 0.236. The van der Waals surface area contributed by atoms with E-state index in [-0.39, 0.29) is 11.2 Å². The van der Waals surface area contributed by atoms with Gasteiger partial charge in [0.05, 0.1) is 12.7 Å². The quantitative estimate of drug-likeness (QED) is 0.595. The first kappa shape index (κ1) is 21.0. The molecule has 1 N–H and O–H groups in total. The molecule has 2 aromatic carbocycles. The lowest BCUT2D eigenvalue weighted by Gasteiger charge is -2.33. The number of aryl methyl sites for hydroxylation is 1. The Bertz CT molecular complexity index is 895. The molecular formula is C23H24FNO3S. The van der Waals surface area contributed by atoms with Gasteiger partial charge in [0.25, 0.3) is 0 Å². The Morgan fingerprint density at radius 3 is 2.69 bits per heavy atom. The minimum atomic E-state index is -0.907. The lowest BCUT2D eigenvalue weighted by Crippen LogP contribution is -2.34. The molecule has 1 unspecified atom stereocenters. The highest BCUT2D eigenvalue weighted by atomic mass is 32.2. The molecule has 0 spiro atoms. The molecule has 0 amide bonds. The third-order valence-corrected chi connectivity index (χ3v) is 6.08. The van der Waals surface area contributed by atoms with Crippen LogP contribution >= 0.6 is 11.8 Å². The summed E-state index contributed by atoms with van der Waals surface area (Å²) in [5.41, 5.74) is 2.45. The van der Waals surface area contributed by atoms with Crippen molar-refractivity contribution < 1.29 is 19.0 Å². The van der Waals surface area contributed by atoms with Gasteiger partial charge in [0.2, 0.25) is 0 Å². The number of benzene rings is 2. The summed E-state index contributed by atoms with van der Waals surface area (Å²) >= 11 is 1.61. The zero-order chi connectivity index (χ0) is 20.6. The van der Waals surface area contributed by atoms with Crippen LogP contribution in [0.25, 0.3) is 0 Å². The summed E-state index contributed by atoms with van der Waals surface area (Å²) in [4.78, 5) is 13.8. The van der Waals surface area contributed by atoms with Crippen molar-refractivity contribution in [1.29, 1.82) is 0 Å². The van der Waals surface area contributed by atoms with Crippen LogP contribution in [0.2, 0.25) is 0 Å². The molecular weight excluding hydrogens is 389 g/mol. The van der Waals surface area contributed by atoms with Gasteiger partial charge in [-0.25, -0.2) is 9.18 Å². The first-order valence-electron chi connectivity index (χ1n) is 9.44. The van der Waals surface area contributed by atoms with Crippen molar-refractivity contribution in [1.82, 2.24) is 4.90 Å². The number of carboxylic acids is 1. The molecule has 1 atom stereocenters. The van der Waals surface area contributed by atoms with Crippen LogP contribution in [0.3, 0.4) is 0 Å². The topological polar surface area (TPSA) is 49.8 Å². The number of methoxy groups -OCH3 is 1. The predicted molar refractivity (Wildman–Crippen MR) is 114 cm³/mol. The smallest absolute Gasteiger partial charge is 0.334 e. The molecule has 4 nitrogen and oxygen atoms in total. The molecule has 6 heteroatoms. The Morgan fingerprint density at radius 2 is 1.97 bits per heavy atom. The first-order valence-corrected chi connectivity index (χ1v) is 10.5. The summed E-state index contributed by atoms with van der Waals surface area (Å²) in [5.74, 6) is 0.436. The number of nitrogens with zero attached hydrogens (tertiary/aromatic N) is 1. The molecule has 0 radical (unpaired) electrons. The second-order valence-corrected chi connectivity index (χ2v) is 7.89. The second kappa shape index (κ2) is 10.2. The van der Waals surface area contributed by atoms with E-state index in [1.165, 1.54) is 12.1 Å². The number of ether oxygens (including phenoxy) is 1. The third-order valence-electron chi connectivity index (χ3n) is 4.71. The normalized spacial score (nSPS) is 15.9. The van der Waals surface area contributed by atoms with E-state index in [4.69, 9.17) is 4.74 Å². The van der Waals surface area contributed by atoms with Gasteiger partial charge in [-0.3, -0.25) is 0 Å². The van der Waals surface area contributed by atoms with Crippen LogP contribution < -0.4 is 4.74 Å². The molecule has 2 aromatic rings. The predicted octanol–water partition coefficient (Wildman–Crippen LogP) is 4.87. The number of hydrogen-bond acceptors (Lipinski definition) is 4. The van der Waals surface area contributed by atoms with Crippen molar-refractivity contribution in [2.75, 3.05) is 12.9 Å². The Hall–Kier alpha value is -2.73. The lowest BCUT2D eigenvalue weighted by atomic mass is 10.1. The highest BCUT2D eigenvalue weighted by molar-refractivity contribution is 8.00. The maximum Gasteiger partial charge on any atom is 0.334 e. The van der Waals surface area contributed by atoms with Crippen LogP contribution in [0, 0.1) is 5.82 Å². The number of aliphatic carboxylic acids is 1. The van der Waals surface area contributed by atoms with Gasteiger partial charge >= 0.3 is 5.97 Å². The largest absolute Gasteiger partial charge is 0.496 e. The van der Waals surface area contributed by atoms with E-state index in [2.05, 4.69) is 0 Å². The molecule has 1 aliphatic rings. The lowest BCUT2D eigenvalue weighted by molar-refractivity contribution is -0.133. The molecule has 3 rings (SSSR count). The number of allylic oxidation sites excluding steroid dienone is 2. The van der Waals surface area contributed by atoms with Crippen molar-refractivity contribution in [3.05, 3.63) is 89.4 Å². The molecule has 0 bridgehead atoms. The molecule has 0 fully saturated rings. The van der Waals surface area contributed by atoms with Gasteiger partial charge in [-0.1, -0.05) is 30.3 Å². The van der Waals surface area contributed by atoms with Gasteiger partial charge < -0.3 is 14.7 Å². The molecule has 0 aliphatic carbocycles. The van der Waals surface area contributed by atoms with E-state index in [1.54, 1.807) is 43.2 Å². The maximum atomic E-state index is 13.0. The number of para-hydroxylation sites is 1. The fraction of sp³-hybridized carbons (Fsp3) is 0.261. The van der Waals surface area contributed by atoms with Crippen molar-refractivity contribution in [3.63, 3.8) is 0 Å². The van der Waals surface area contributed by atoms with Crippen LogP contribution in [-0.4, -0.2) is 34.2 Å². The van der Waals surface area contributed by atoms with Crippen LogP contribution in [-0.2, 0) is 17.8 Å². The number of thioether (sulfide) groups is 1. The Balaban J connectivity index is 1.65. The van der Waals surface area contributed by atoms with E-state index in [0.29, 0.717) is 12.1 Å². The van der Waals surface area contributed by atoms with Gasteiger partial charge in [0, 0.05) is 18.3 Å². The zero-order valence-corrected chi connectivity index (χ0v) is 17.1. The molecule has 152 valence electrons. The van der Waals surface area contributed by atoms with Gasteiger partial charge in [-0.15, -0.1) is 11.8 Å². The Morgan fingerprint density at radius 1 is 1.21 bits per heavy atom. The highest BCUT2D eigenvalue weighted by Crippen LogP contribution is 2.31. The SMILES string of the molecule is COc1ccccc1CN1C=CC=C(C(=O)O)C1SCCCc1ccc(F)cc1. The molecule has 29 heavy (non-hydrogen) atoms. The van der Waals surface area contributed by atoms with Crippen LogP contribution in [0.4, 0.5) is 4.39 Å². The summed E-state index contributed by atoms with van der Waals surface area (Å²) in [6.45, 7) is 0.556. The average molecular weight is 414 g/mol. The average Bonchev–Trinajstić information content (AvgIpc) is 2.73. The zero-order valence-electron chi connectivity index (χ0n) is 16.3. The second-order valence-electron chi connectivity index (χ2n) is 6.71. The van der Waals surface area contributed by atoms with E-state index in [1.807, 2.05) is 35.4 Å². The molecule has 0 saturated heterocycles. The van der Waals surface area contributed by atoms with Crippen LogP contribution in [0.5, 0.6) is 5.75 Å². The van der Waals surface area contributed by atoms with Crippen molar-refractivity contribution in [2.24, 2.45) is 0 Å². The summed E-state index contributed by atoms with van der Waals surface area (Å²) in [7, 11) is 1.63. The molecule has 0 saturated carbocycles. The number of rotatable bonds is 9. The van der Waals surface area contributed by atoms with E-state index >= 15 is 0 Å². The van der Waals surface area contributed by atoms with Gasteiger partial charge in [-0.2, -0.15) is 0 Å². The molecule has 1 heterocycles. The van der Waals surface area contributed by atoms with Crippen molar-refractivity contribution in [2.45, 2.75) is 24.8 Å². The van der Waals surface area contributed by atoms with Gasteiger partial charge in [0.15, 0.2) is 0 Å². The van der Waals surface area contributed by atoms with Crippen LogP contribution in [0.15, 0.2) is 72.5 Å². The summed E-state index contributed by atoms with van der Waals surface area (Å²) in [6.07, 6.45) is 7.07. The van der Waals surface area contributed by atoms with Crippen molar-refractivity contribution >= 4 is 17.7 Å². The Labute approximate surface area is 174 Å². The van der Waals surface area contributed by atoms with E-state index < -0.39 is 5.97 Å². The minimum Gasteiger partial charge on any atom is -0.496 e. The summed E-state index contributed by atoms with van der Waals surface area (Å²) < 4.78 is 18.5. The molecule has 1 aliphatic heterocycles. The van der Waals surface area contributed by atoms with Gasteiger partial charge in [0.1, 0.15) is 16.9 Å². The molecule has 0 aromatic heterocycles. The maximum absolute atomic E-state index is 13.0. The standard InChI is InChI=1S/C23H24FNO3S/c1-28-21-9-3-2-7-18(21)16-25-14-4-8-20(23(26)27)22(25)29-15-5-6-17-10-12-19(24)13-11-17/h2-4,7-14,22H,5-6,15-16H2,1H3,(H,26,27). The summed E-state index contributed by atoms with van der Waals surface area (Å²) in [5, 5.41) is 9.37. The first-order chi connectivity index (χ1) is 14.1. The van der Waals surface area contributed by atoms with Crippen LogP contribution in [0.1, 0.15) is 17.5 Å². The highest BCUT2D eigenvalue weighted by Gasteiger charge is 2.27. The van der Waals surface area contributed by atoms with E-state index in [9.17, 15) is 14.3 Å². The summed E-state index contributed by atoms with van der Waals surface area (Å²) in [6, 6.07) is 14.3. The van der Waals surface area contributed by atoms with Crippen molar-refractivity contribution in [3.8, 4) is 5.75 Å². The number of hydrogen-bond donors (Lipinski definition) is 1. The number of carboxylic acid groups (broad SMARTS) is 1. The number of halogens is 1. The third kappa shape index (κ3) is 5.64. The Kier molecular flexibility index (Phi) is 7.36. The fourth-order valence-corrected chi connectivity index (χ4v) is 4.48.